The van der Waals surface area contributed by atoms with Crippen LogP contribution in [0.4, 0.5) is 14.5 Å². The van der Waals surface area contributed by atoms with E-state index in [2.05, 4.69) is 32.7 Å². The molecule has 1 atom stereocenters. The summed E-state index contributed by atoms with van der Waals surface area (Å²) < 4.78 is 28.0. The van der Waals surface area contributed by atoms with Crippen molar-refractivity contribution in [2.45, 2.75) is 19.0 Å². The van der Waals surface area contributed by atoms with Crippen LogP contribution in [0, 0.1) is 11.6 Å². The number of aromatic amines is 1. The number of nitrogens with one attached hydrogen (secondary N) is 3. The second-order valence-corrected chi connectivity index (χ2v) is 6.95. The monoisotopic (exact) mass is 383 g/mol. The lowest BCUT2D eigenvalue weighted by Gasteiger charge is -2.21. The van der Waals surface area contributed by atoms with Crippen LogP contribution in [0.2, 0.25) is 0 Å². The van der Waals surface area contributed by atoms with Gasteiger partial charge in [0.25, 0.3) is 0 Å². The van der Waals surface area contributed by atoms with Gasteiger partial charge in [-0.3, -0.25) is 4.99 Å². The molecule has 0 aliphatic carbocycles. The van der Waals surface area contributed by atoms with Crippen LogP contribution in [0.25, 0.3) is 10.9 Å². The van der Waals surface area contributed by atoms with Crippen LogP contribution < -0.4 is 15.5 Å². The fourth-order valence-corrected chi connectivity index (χ4v) is 3.67. The molecule has 0 amide bonds. The van der Waals surface area contributed by atoms with Gasteiger partial charge in [-0.1, -0.05) is 24.3 Å². The van der Waals surface area contributed by atoms with Gasteiger partial charge in [-0.05, 0) is 36.1 Å². The van der Waals surface area contributed by atoms with Gasteiger partial charge >= 0.3 is 0 Å². The van der Waals surface area contributed by atoms with Crippen molar-refractivity contribution in [3.63, 3.8) is 0 Å². The number of fused-ring (bicyclic) bond motifs is 1. The molecule has 7 heteroatoms. The van der Waals surface area contributed by atoms with Gasteiger partial charge in [-0.25, -0.2) is 8.78 Å². The normalized spacial score (nSPS) is 17.3. The molecule has 0 spiro atoms. The molecule has 1 aliphatic heterocycles. The summed E-state index contributed by atoms with van der Waals surface area (Å²) in [6.45, 7) is 1.71. The smallest absolute Gasteiger partial charge is 0.191 e. The molecule has 1 unspecified atom stereocenters. The van der Waals surface area contributed by atoms with E-state index < -0.39 is 11.6 Å². The zero-order valence-electron chi connectivity index (χ0n) is 15.7. The molecule has 1 aliphatic rings. The number of H-pyrrole nitrogens is 1. The molecular formula is C21H23F2N5. The molecule has 1 fully saturated rings. The third-order valence-corrected chi connectivity index (χ3v) is 5.04. The van der Waals surface area contributed by atoms with E-state index in [9.17, 15) is 8.78 Å². The SMILES string of the molecule is CN=C(NCc1cc2ccccc2[nH]1)NC1CCN(c2c(F)cccc2F)C1. The van der Waals surface area contributed by atoms with Crippen molar-refractivity contribution >= 4 is 22.5 Å². The number of para-hydroxylation sites is 2. The molecule has 2 aromatic carbocycles. The minimum atomic E-state index is -0.526. The second kappa shape index (κ2) is 7.88. The Morgan fingerprint density at radius 2 is 1.96 bits per heavy atom. The van der Waals surface area contributed by atoms with E-state index >= 15 is 0 Å². The van der Waals surface area contributed by atoms with Crippen LogP contribution in [0.5, 0.6) is 0 Å². The maximum absolute atomic E-state index is 14.0. The molecule has 1 aromatic heterocycles. The first-order valence-electron chi connectivity index (χ1n) is 9.37. The fraction of sp³-hybridized carbons (Fsp3) is 0.286. The van der Waals surface area contributed by atoms with Gasteiger partial charge in [-0.2, -0.15) is 0 Å². The largest absolute Gasteiger partial charge is 0.365 e. The maximum Gasteiger partial charge on any atom is 0.191 e. The molecule has 1 saturated heterocycles. The standard InChI is InChI=1S/C21H23F2N5/c1-24-21(25-12-16-11-14-5-2-3-8-19(14)26-16)27-15-9-10-28(13-15)20-17(22)6-4-7-18(20)23/h2-8,11,15,26H,9-10,12-13H2,1H3,(H2,24,25,27). The average molecular weight is 383 g/mol. The van der Waals surface area contributed by atoms with Crippen LogP contribution in [-0.2, 0) is 6.54 Å². The summed E-state index contributed by atoms with van der Waals surface area (Å²) >= 11 is 0. The van der Waals surface area contributed by atoms with Crippen LogP contribution in [0.15, 0.2) is 53.5 Å². The summed E-state index contributed by atoms with van der Waals surface area (Å²) in [5.74, 6) is -0.386. The van der Waals surface area contributed by atoms with E-state index in [-0.39, 0.29) is 11.7 Å². The van der Waals surface area contributed by atoms with Crippen molar-refractivity contribution in [3.05, 3.63) is 65.9 Å². The Bertz CT molecular complexity index is 944. The fourth-order valence-electron chi connectivity index (χ4n) is 3.67. The predicted octanol–water partition coefficient (Wildman–Crippen LogP) is 3.39. The van der Waals surface area contributed by atoms with Crippen molar-refractivity contribution in [2.75, 3.05) is 25.0 Å². The molecular weight excluding hydrogens is 360 g/mol. The van der Waals surface area contributed by atoms with Gasteiger partial charge in [0.2, 0.25) is 0 Å². The Morgan fingerprint density at radius 3 is 2.71 bits per heavy atom. The number of halogens is 2. The van der Waals surface area contributed by atoms with Crippen LogP contribution in [-0.4, -0.2) is 37.1 Å². The molecule has 0 radical (unpaired) electrons. The minimum Gasteiger partial charge on any atom is -0.365 e. The molecule has 3 aromatic rings. The zero-order chi connectivity index (χ0) is 19.5. The van der Waals surface area contributed by atoms with Crippen molar-refractivity contribution in [2.24, 2.45) is 4.99 Å². The summed E-state index contributed by atoms with van der Waals surface area (Å²) in [5.41, 5.74) is 2.21. The number of rotatable bonds is 4. The van der Waals surface area contributed by atoms with Gasteiger partial charge in [-0.15, -0.1) is 0 Å². The van der Waals surface area contributed by atoms with Crippen LogP contribution in [0.3, 0.4) is 0 Å². The second-order valence-electron chi connectivity index (χ2n) is 6.95. The Labute approximate surface area is 162 Å². The van der Waals surface area contributed by atoms with Crippen molar-refractivity contribution < 1.29 is 8.78 Å². The number of hydrogen-bond acceptors (Lipinski definition) is 2. The summed E-state index contributed by atoms with van der Waals surface area (Å²) in [5, 5.41) is 7.81. The summed E-state index contributed by atoms with van der Waals surface area (Å²) in [7, 11) is 1.71. The minimum absolute atomic E-state index is 0.0489. The lowest BCUT2D eigenvalue weighted by atomic mass is 10.2. The lowest BCUT2D eigenvalue weighted by Crippen LogP contribution is -2.44. The Balaban J connectivity index is 1.35. The quantitative estimate of drug-likeness (QED) is 0.478. The third-order valence-electron chi connectivity index (χ3n) is 5.04. The molecule has 146 valence electrons. The van der Waals surface area contributed by atoms with Crippen molar-refractivity contribution in [3.8, 4) is 0 Å². The van der Waals surface area contributed by atoms with E-state index in [4.69, 9.17) is 0 Å². The van der Waals surface area contributed by atoms with Crippen molar-refractivity contribution in [1.29, 1.82) is 0 Å². The maximum atomic E-state index is 14.0. The highest BCUT2D eigenvalue weighted by molar-refractivity contribution is 5.82. The Kier molecular flexibility index (Phi) is 5.14. The van der Waals surface area contributed by atoms with E-state index in [0.29, 0.717) is 25.6 Å². The first-order chi connectivity index (χ1) is 13.6. The highest BCUT2D eigenvalue weighted by Gasteiger charge is 2.27. The molecule has 3 N–H and O–H groups in total. The molecule has 28 heavy (non-hydrogen) atoms. The predicted molar refractivity (Wildman–Crippen MR) is 109 cm³/mol. The first kappa shape index (κ1) is 18.3. The topological polar surface area (TPSA) is 55.5 Å². The number of nitrogens with zero attached hydrogens (tertiary/aromatic N) is 2. The van der Waals surface area contributed by atoms with Gasteiger partial charge in [0.05, 0.1) is 6.54 Å². The summed E-state index contributed by atoms with van der Waals surface area (Å²) in [6.07, 6.45) is 0.779. The number of anilines is 1. The Hall–Kier alpha value is -3.09. The van der Waals surface area contributed by atoms with Gasteiger partial charge in [0, 0.05) is 37.4 Å². The Morgan fingerprint density at radius 1 is 1.18 bits per heavy atom. The van der Waals surface area contributed by atoms with E-state index in [1.54, 1.807) is 11.9 Å². The number of aromatic nitrogens is 1. The highest BCUT2D eigenvalue weighted by atomic mass is 19.1. The van der Waals surface area contributed by atoms with E-state index in [0.717, 1.165) is 17.6 Å². The zero-order valence-corrected chi connectivity index (χ0v) is 15.7. The lowest BCUT2D eigenvalue weighted by molar-refractivity contribution is 0.576. The van der Waals surface area contributed by atoms with Gasteiger partial charge < -0.3 is 20.5 Å². The molecule has 5 nitrogen and oxygen atoms in total. The van der Waals surface area contributed by atoms with Crippen LogP contribution in [0.1, 0.15) is 12.1 Å². The molecule has 2 heterocycles. The highest BCUT2D eigenvalue weighted by Crippen LogP contribution is 2.26. The third kappa shape index (κ3) is 3.78. The number of aliphatic imine (C=N–C) groups is 1. The number of hydrogen-bond donors (Lipinski definition) is 3. The molecule has 0 bridgehead atoms. The van der Waals surface area contributed by atoms with E-state index in [1.807, 2.05) is 18.2 Å². The average Bonchev–Trinajstić information content (AvgIpc) is 3.31. The van der Waals surface area contributed by atoms with Gasteiger partial charge in [0.1, 0.15) is 17.3 Å². The van der Waals surface area contributed by atoms with Gasteiger partial charge in [0.15, 0.2) is 5.96 Å². The first-order valence-corrected chi connectivity index (χ1v) is 9.37. The van der Waals surface area contributed by atoms with E-state index in [1.165, 1.54) is 23.6 Å². The molecule has 4 rings (SSSR count). The summed E-state index contributed by atoms with van der Waals surface area (Å²) in [4.78, 5) is 9.38. The molecule has 0 saturated carbocycles. The number of guanidine groups is 1. The number of benzene rings is 2. The summed E-state index contributed by atoms with van der Waals surface area (Å²) in [6, 6.07) is 14.3. The van der Waals surface area contributed by atoms with Crippen molar-refractivity contribution in [1.82, 2.24) is 15.6 Å². The van der Waals surface area contributed by atoms with Crippen LogP contribution >= 0.6 is 0 Å².